The predicted octanol–water partition coefficient (Wildman–Crippen LogP) is 2.43. The van der Waals surface area contributed by atoms with Crippen LogP contribution in [0.5, 0.6) is 0 Å². The van der Waals surface area contributed by atoms with Crippen molar-refractivity contribution in [2.45, 2.75) is 32.7 Å². The molecule has 23 heavy (non-hydrogen) atoms. The highest BCUT2D eigenvalue weighted by molar-refractivity contribution is 6.06. The lowest BCUT2D eigenvalue weighted by atomic mass is 9.90. The Labute approximate surface area is 134 Å². The number of benzene rings is 1. The topological polar surface area (TPSA) is 75.4 Å². The molecule has 1 N–H and O–H groups in total. The molecule has 0 spiro atoms. The molecule has 0 aliphatic carbocycles. The molecule has 0 fully saturated rings. The number of nitrogens with zero attached hydrogens (tertiary/aromatic N) is 3. The highest BCUT2D eigenvalue weighted by Gasteiger charge is 2.33. The summed E-state index contributed by atoms with van der Waals surface area (Å²) in [6.45, 7) is 4.80. The van der Waals surface area contributed by atoms with Crippen molar-refractivity contribution >= 4 is 17.6 Å². The fourth-order valence-electron chi connectivity index (χ4n) is 3.13. The van der Waals surface area contributed by atoms with Crippen molar-refractivity contribution in [3.05, 3.63) is 47.3 Å². The van der Waals surface area contributed by atoms with Crippen LogP contribution >= 0.6 is 0 Å². The van der Waals surface area contributed by atoms with E-state index >= 15 is 0 Å². The number of amides is 1. The van der Waals surface area contributed by atoms with Gasteiger partial charge in [-0.05, 0) is 38.0 Å². The van der Waals surface area contributed by atoms with Crippen LogP contribution in [0, 0.1) is 6.92 Å². The molecule has 1 amide bonds. The average molecular weight is 313 g/mol. The second kappa shape index (κ2) is 5.87. The number of aromatic nitrogens is 2. The summed E-state index contributed by atoms with van der Waals surface area (Å²) in [7, 11) is 0. The number of anilines is 1. The number of carboxylic acids is 1. The summed E-state index contributed by atoms with van der Waals surface area (Å²) in [5, 5.41) is 13.7. The first kappa shape index (κ1) is 15.3. The van der Waals surface area contributed by atoms with Gasteiger partial charge in [-0.25, -0.2) is 0 Å². The number of fused-ring (bicyclic) bond motifs is 1. The van der Waals surface area contributed by atoms with Gasteiger partial charge in [0.2, 0.25) is 0 Å². The minimum absolute atomic E-state index is 0.135. The van der Waals surface area contributed by atoms with Gasteiger partial charge >= 0.3 is 5.97 Å². The molecular formula is C17H19N3O3. The average Bonchev–Trinajstić information content (AvgIpc) is 2.94. The fraction of sp³-hybridized carbons (Fsp3) is 0.353. The maximum absolute atomic E-state index is 12.9. The largest absolute Gasteiger partial charge is 0.481 e. The third-order valence-corrected chi connectivity index (χ3v) is 4.21. The van der Waals surface area contributed by atoms with Crippen molar-refractivity contribution in [1.82, 2.24) is 9.78 Å². The first-order valence-corrected chi connectivity index (χ1v) is 7.71. The first-order valence-electron chi connectivity index (χ1n) is 7.71. The summed E-state index contributed by atoms with van der Waals surface area (Å²) in [4.78, 5) is 26.1. The number of carboxylic acid groups (broad SMARTS) is 1. The molecule has 1 aromatic heterocycles. The SMILES string of the molecule is CCn1nc(C)cc1C(=O)N1CCC(C(=O)O)c2ccccc21. The summed E-state index contributed by atoms with van der Waals surface area (Å²) >= 11 is 0. The van der Waals surface area contributed by atoms with Crippen LogP contribution in [0.15, 0.2) is 30.3 Å². The Morgan fingerprint density at radius 1 is 1.35 bits per heavy atom. The van der Waals surface area contributed by atoms with Gasteiger partial charge < -0.3 is 10.0 Å². The molecule has 6 nitrogen and oxygen atoms in total. The smallest absolute Gasteiger partial charge is 0.311 e. The lowest BCUT2D eigenvalue weighted by molar-refractivity contribution is -0.139. The van der Waals surface area contributed by atoms with Crippen LogP contribution in [0.3, 0.4) is 0 Å². The summed E-state index contributed by atoms with van der Waals surface area (Å²) in [6.07, 6.45) is 0.414. The van der Waals surface area contributed by atoms with Gasteiger partial charge in [0.05, 0.1) is 11.6 Å². The zero-order valence-corrected chi connectivity index (χ0v) is 13.2. The number of aliphatic carboxylic acids is 1. The van der Waals surface area contributed by atoms with Crippen molar-refractivity contribution in [2.75, 3.05) is 11.4 Å². The number of carbonyl (C=O) groups is 2. The molecule has 2 heterocycles. The van der Waals surface area contributed by atoms with Gasteiger partial charge in [-0.1, -0.05) is 18.2 Å². The van der Waals surface area contributed by atoms with Crippen molar-refractivity contribution in [1.29, 1.82) is 0 Å². The molecule has 1 unspecified atom stereocenters. The Balaban J connectivity index is 2.02. The van der Waals surface area contributed by atoms with E-state index in [1.54, 1.807) is 21.7 Å². The molecule has 0 bridgehead atoms. The number of para-hydroxylation sites is 1. The quantitative estimate of drug-likeness (QED) is 0.944. The van der Waals surface area contributed by atoms with Gasteiger partial charge in [0, 0.05) is 18.8 Å². The van der Waals surface area contributed by atoms with Crippen LogP contribution < -0.4 is 4.90 Å². The summed E-state index contributed by atoms with van der Waals surface area (Å²) in [5.74, 6) is -1.55. The maximum atomic E-state index is 12.9. The third-order valence-electron chi connectivity index (χ3n) is 4.21. The molecule has 1 atom stereocenters. The highest BCUT2D eigenvalue weighted by atomic mass is 16.4. The number of aryl methyl sites for hydroxylation is 2. The normalized spacial score (nSPS) is 17.0. The molecule has 6 heteroatoms. The van der Waals surface area contributed by atoms with Crippen LogP contribution in [0.1, 0.15) is 41.0 Å². The van der Waals surface area contributed by atoms with Gasteiger partial charge in [0.1, 0.15) is 5.69 Å². The van der Waals surface area contributed by atoms with E-state index in [2.05, 4.69) is 5.10 Å². The van der Waals surface area contributed by atoms with E-state index < -0.39 is 11.9 Å². The van der Waals surface area contributed by atoms with E-state index in [1.165, 1.54) is 0 Å². The van der Waals surface area contributed by atoms with Gasteiger partial charge in [-0.2, -0.15) is 5.10 Å². The molecule has 0 saturated carbocycles. The minimum Gasteiger partial charge on any atom is -0.481 e. The molecule has 120 valence electrons. The third kappa shape index (κ3) is 2.60. The van der Waals surface area contributed by atoms with Crippen LogP contribution in [-0.4, -0.2) is 33.3 Å². The van der Waals surface area contributed by atoms with E-state index in [0.717, 1.165) is 5.69 Å². The van der Waals surface area contributed by atoms with Gasteiger partial charge in [0.25, 0.3) is 5.91 Å². The van der Waals surface area contributed by atoms with Crippen molar-refractivity contribution in [2.24, 2.45) is 0 Å². The second-order valence-electron chi connectivity index (χ2n) is 5.68. The fourth-order valence-corrected chi connectivity index (χ4v) is 3.13. The highest BCUT2D eigenvalue weighted by Crippen LogP contribution is 2.36. The Kier molecular flexibility index (Phi) is 3.90. The number of hydrogen-bond donors (Lipinski definition) is 1. The Hall–Kier alpha value is -2.63. The van der Waals surface area contributed by atoms with Gasteiger partial charge in [-0.3, -0.25) is 14.3 Å². The Morgan fingerprint density at radius 3 is 2.78 bits per heavy atom. The van der Waals surface area contributed by atoms with Crippen LogP contribution in [0.4, 0.5) is 5.69 Å². The van der Waals surface area contributed by atoms with Gasteiger partial charge in [0.15, 0.2) is 0 Å². The Morgan fingerprint density at radius 2 is 2.09 bits per heavy atom. The predicted molar refractivity (Wildman–Crippen MR) is 85.8 cm³/mol. The number of rotatable bonds is 3. The summed E-state index contributed by atoms with van der Waals surface area (Å²) in [6, 6.07) is 9.00. The van der Waals surface area contributed by atoms with Crippen molar-refractivity contribution in [3.63, 3.8) is 0 Å². The van der Waals surface area contributed by atoms with Crippen LogP contribution in [0.25, 0.3) is 0 Å². The zero-order valence-electron chi connectivity index (χ0n) is 13.2. The monoisotopic (exact) mass is 313 g/mol. The molecule has 2 aromatic rings. The first-order chi connectivity index (χ1) is 11.0. The van der Waals surface area contributed by atoms with E-state index in [-0.39, 0.29) is 5.91 Å². The van der Waals surface area contributed by atoms with E-state index in [4.69, 9.17) is 0 Å². The van der Waals surface area contributed by atoms with Gasteiger partial charge in [-0.15, -0.1) is 0 Å². The van der Waals surface area contributed by atoms with Crippen LogP contribution in [0.2, 0.25) is 0 Å². The molecule has 1 aliphatic heterocycles. The Bertz CT molecular complexity index is 766. The number of carbonyl (C=O) groups excluding carboxylic acids is 1. The standard InChI is InChI=1S/C17H19N3O3/c1-3-20-15(10-11(2)18-20)16(21)19-9-8-13(17(22)23)12-6-4-5-7-14(12)19/h4-7,10,13H,3,8-9H2,1-2H3,(H,22,23). The molecule has 0 radical (unpaired) electrons. The summed E-state index contributed by atoms with van der Waals surface area (Å²) < 4.78 is 1.68. The van der Waals surface area contributed by atoms with Crippen molar-refractivity contribution < 1.29 is 14.7 Å². The lowest BCUT2D eigenvalue weighted by Crippen LogP contribution is -2.39. The zero-order chi connectivity index (χ0) is 16.6. The summed E-state index contributed by atoms with van der Waals surface area (Å²) in [5.41, 5.74) is 2.70. The van der Waals surface area contributed by atoms with E-state index in [9.17, 15) is 14.7 Å². The molecular weight excluding hydrogens is 294 g/mol. The van der Waals surface area contributed by atoms with E-state index in [1.807, 2.05) is 32.0 Å². The number of hydrogen-bond acceptors (Lipinski definition) is 3. The second-order valence-corrected chi connectivity index (χ2v) is 5.68. The molecule has 1 aliphatic rings. The molecule has 1 aromatic carbocycles. The van der Waals surface area contributed by atoms with Crippen LogP contribution in [-0.2, 0) is 11.3 Å². The van der Waals surface area contributed by atoms with E-state index in [0.29, 0.717) is 36.5 Å². The molecule has 0 saturated heterocycles. The van der Waals surface area contributed by atoms with Crippen molar-refractivity contribution in [3.8, 4) is 0 Å². The lowest BCUT2D eigenvalue weighted by Gasteiger charge is -2.32. The molecule has 3 rings (SSSR count). The minimum atomic E-state index is -0.848. The maximum Gasteiger partial charge on any atom is 0.311 e.